The Bertz CT molecular complexity index is 2990. The summed E-state index contributed by atoms with van der Waals surface area (Å²) in [5.74, 6) is 1.42. The third-order valence-corrected chi connectivity index (χ3v) is 20.1. The fourth-order valence-electron chi connectivity index (χ4n) is 15.6. The zero-order chi connectivity index (χ0) is 57.0. The number of carbonyl (C=O) groups is 2. The van der Waals surface area contributed by atoms with E-state index in [1.54, 1.807) is 21.1 Å². The summed E-state index contributed by atoms with van der Waals surface area (Å²) in [5.41, 5.74) is 29.4. The lowest BCUT2D eigenvalue weighted by atomic mass is 9.69. The van der Waals surface area contributed by atoms with Crippen LogP contribution >= 0.6 is 0 Å². The highest BCUT2D eigenvalue weighted by Gasteiger charge is 2.57. The Morgan fingerprint density at radius 2 is 0.987 bits per heavy atom. The number of benzene rings is 4. The van der Waals surface area contributed by atoms with Crippen LogP contribution in [0, 0.1) is 105 Å². The molecule has 2 saturated heterocycles. The van der Waals surface area contributed by atoms with Gasteiger partial charge in [-0.15, -0.1) is 0 Å². The smallest absolute Gasteiger partial charge is 0.236 e. The molecule has 2 amide bonds. The van der Waals surface area contributed by atoms with E-state index in [-0.39, 0.29) is 83.9 Å². The second kappa shape index (κ2) is 21.2. The van der Waals surface area contributed by atoms with E-state index in [1.165, 1.54) is 83.5 Å². The molecule has 0 radical (unpaired) electrons. The number of nitrogens with zero attached hydrogens (tertiary/aromatic N) is 6. The molecule has 416 valence electrons. The van der Waals surface area contributed by atoms with E-state index in [9.17, 15) is 25.2 Å². The summed E-state index contributed by atoms with van der Waals surface area (Å²) < 4.78 is 11.5. The molecule has 14 nitrogen and oxygen atoms in total. The SMILES string of the molecule is COc1c(C)cc2c(c1C)[C@@H]1[C@@H]3Cc4c(C)c(C)c(C)c(C)c4[C@H](CNC(=O)C(C)C)N3[C@@H](C#N)[C@H](C2)N1C.COc1c(C)cc2c(c1O)[C@@H]1[C@@H]3Cc4c(C)c(C)c(C)c(C)c4[C@H](CNC(=O)[C@H](C)N)N3[C@@H](C#N)[C@H](C2)N1C. The van der Waals surface area contributed by atoms with Crippen LogP contribution in [0.5, 0.6) is 17.2 Å². The molecule has 6 aliphatic heterocycles. The van der Waals surface area contributed by atoms with Crippen molar-refractivity contribution in [1.29, 1.82) is 10.5 Å². The molecule has 0 aliphatic carbocycles. The van der Waals surface area contributed by atoms with Gasteiger partial charge in [0.25, 0.3) is 0 Å². The third-order valence-electron chi connectivity index (χ3n) is 20.1. The number of hydrogen-bond donors (Lipinski definition) is 4. The Morgan fingerprint density at radius 3 is 1.40 bits per heavy atom. The van der Waals surface area contributed by atoms with Crippen LogP contribution in [0.15, 0.2) is 12.1 Å². The van der Waals surface area contributed by atoms with Gasteiger partial charge < -0.3 is 30.9 Å². The van der Waals surface area contributed by atoms with Crippen molar-refractivity contribution in [3.05, 3.63) is 118 Å². The Kier molecular flexibility index (Phi) is 15.4. The Hall–Kier alpha value is -6.00. The predicted molar refractivity (Wildman–Crippen MR) is 306 cm³/mol. The number of piperazine rings is 2. The summed E-state index contributed by atoms with van der Waals surface area (Å²) >= 11 is 0. The van der Waals surface area contributed by atoms with E-state index in [4.69, 9.17) is 15.2 Å². The fourth-order valence-corrected chi connectivity index (χ4v) is 15.6. The lowest BCUT2D eigenvalue weighted by Crippen LogP contribution is -2.69. The number of ether oxygens (including phenoxy) is 2. The summed E-state index contributed by atoms with van der Waals surface area (Å²) in [5, 5.41) is 39.3. The molecule has 6 aliphatic rings. The molecule has 14 heteroatoms. The molecule has 11 atom stereocenters. The van der Waals surface area contributed by atoms with Crippen LogP contribution in [0.3, 0.4) is 0 Å². The first kappa shape index (κ1) is 56.7. The number of aromatic hydroxyl groups is 1. The van der Waals surface area contributed by atoms with Gasteiger partial charge in [0.2, 0.25) is 11.8 Å². The second-order valence-electron chi connectivity index (χ2n) is 24.2. The van der Waals surface area contributed by atoms with Crippen LogP contribution in [0.4, 0.5) is 0 Å². The molecule has 4 bridgehead atoms. The zero-order valence-corrected chi connectivity index (χ0v) is 49.7. The Balaban J connectivity index is 0.000000190. The van der Waals surface area contributed by atoms with Crippen molar-refractivity contribution in [2.45, 2.75) is 189 Å². The maximum absolute atomic E-state index is 12.8. The van der Waals surface area contributed by atoms with Crippen LogP contribution in [0.25, 0.3) is 0 Å². The van der Waals surface area contributed by atoms with Gasteiger partial charge >= 0.3 is 0 Å². The van der Waals surface area contributed by atoms with Crippen LogP contribution in [0.1, 0.15) is 151 Å². The number of fused-ring (bicyclic) bond motifs is 14. The van der Waals surface area contributed by atoms with Gasteiger partial charge in [-0.25, -0.2) is 0 Å². The largest absolute Gasteiger partial charge is 0.504 e. The number of carbonyl (C=O) groups excluding carboxylic acids is 2. The van der Waals surface area contributed by atoms with E-state index in [2.05, 4.69) is 138 Å². The number of amides is 2. The molecule has 0 aromatic heterocycles. The minimum Gasteiger partial charge on any atom is -0.504 e. The van der Waals surface area contributed by atoms with Gasteiger partial charge in [-0.3, -0.25) is 29.2 Å². The summed E-state index contributed by atoms with van der Waals surface area (Å²) in [6.07, 6.45) is 3.11. The van der Waals surface area contributed by atoms with Gasteiger partial charge in [0.1, 0.15) is 17.8 Å². The number of methoxy groups -OCH3 is 2. The Morgan fingerprint density at radius 1 is 0.590 bits per heavy atom. The molecule has 2 fully saturated rings. The van der Waals surface area contributed by atoms with Gasteiger partial charge in [0, 0.05) is 48.7 Å². The van der Waals surface area contributed by atoms with E-state index in [0.29, 0.717) is 25.3 Å². The number of hydrogen-bond acceptors (Lipinski definition) is 12. The first-order chi connectivity index (χ1) is 36.9. The van der Waals surface area contributed by atoms with Crippen LogP contribution < -0.4 is 25.8 Å². The van der Waals surface area contributed by atoms with E-state index >= 15 is 0 Å². The highest BCUT2D eigenvalue weighted by molar-refractivity contribution is 5.81. The summed E-state index contributed by atoms with van der Waals surface area (Å²) in [6, 6.07) is 8.32. The van der Waals surface area contributed by atoms with E-state index in [0.717, 1.165) is 47.3 Å². The monoisotopic (exact) mass is 1060 g/mol. The van der Waals surface area contributed by atoms with Gasteiger partial charge in [-0.1, -0.05) is 26.0 Å². The average Bonchev–Trinajstić information content (AvgIpc) is 3.47. The van der Waals surface area contributed by atoms with Crippen molar-refractivity contribution in [2.24, 2.45) is 11.7 Å². The molecule has 6 heterocycles. The zero-order valence-electron chi connectivity index (χ0n) is 49.7. The lowest BCUT2D eigenvalue weighted by molar-refractivity contribution is -0.125. The quantitative estimate of drug-likeness (QED) is 0.133. The molecule has 78 heavy (non-hydrogen) atoms. The standard InChI is InChI=1S/C33H44N4O2.C31H41N5O3/c1-16(2)33(38)35-15-28-30-21(7)19(5)18(4)20(6)24(30)13-26-31-29-22(8)32(39-10)17(3)11-23(29)12-25(36(31)9)27(14-34)37(26)28;1-14-9-20-10-22-24(12-32)36-23(28(35(22)7)27(20)29(37)30(14)39-8)11-21-17(4)15(2)16(3)18(5)26(21)25(36)13-34-31(38)19(6)33/h11,16,25-28,31H,12-13,15H2,1-10H3,(H,35,38);9,19,22-25,28,37H,10-11,13,33H2,1-8H3,(H,34,38)/t25-,26-,27-,28-,31-;19-,22-,23-,24-,25-,28-/m00/s1. The molecular weight excluding hydrogens is 975 g/mol. The lowest BCUT2D eigenvalue weighted by Gasteiger charge is -2.60. The van der Waals surface area contributed by atoms with E-state index in [1.807, 2.05) is 20.8 Å². The maximum atomic E-state index is 12.8. The van der Waals surface area contributed by atoms with Gasteiger partial charge in [-0.2, -0.15) is 10.5 Å². The Labute approximate surface area is 464 Å². The molecule has 0 saturated carbocycles. The minimum absolute atomic E-state index is 0.0566. The minimum atomic E-state index is -0.621. The van der Waals surface area contributed by atoms with Crippen molar-refractivity contribution in [3.63, 3.8) is 0 Å². The van der Waals surface area contributed by atoms with Crippen molar-refractivity contribution in [2.75, 3.05) is 41.4 Å². The van der Waals surface area contributed by atoms with Crippen LogP contribution in [0.2, 0.25) is 0 Å². The first-order valence-electron chi connectivity index (χ1n) is 28.2. The summed E-state index contributed by atoms with van der Waals surface area (Å²) in [6.45, 7) is 30.3. The topological polar surface area (TPSA) is 183 Å². The van der Waals surface area contributed by atoms with Gasteiger partial charge in [0.05, 0.1) is 56.6 Å². The number of phenols is 1. The number of aryl methyl sites for hydroxylation is 2. The summed E-state index contributed by atoms with van der Waals surface area (Å²) in [7, 11) is 7.63. The van der Waals surface area contributed by atoms with Gasteiger partial charge in [0.15, 0.2) is 11.5 Å². The highest BCUT2D eigenvalue weighted by atomic mass is 16.5. The normalized spacial score (nSPS) is 26.3. The van der Waals surface area contributed by atoms with Crippen molar-refractivity contribution in [3.8, 4) is 29.4 Å². The van der Waals surface area contributed by atoms with Crippen LogP contribution in [-0.2, 0) is 35.3 Å². The molecule has 10 rings (SSSR count). The number of rotatable bonds is 8. The number of nitrogens with one attached hydrogen (secondary N) is 2. The first-order valence-corrected chi connectivity index (χ1v) is 28.2. The van der Waals surface area contributed by atoms with Gasteiger partial charge in [-0.05, 0) is 223 Å². The molecule has 0 unspecified atom stereocenters. The maximum Gasteiger partial charge on any atom is 0.236 e. The van der Waals surface area contributed by atoms with Crippen molar-refractivity contribution in [1.82, 2.24) is 30.2 Å². The van der Waals surface area contributed by atoms with Crippen molar-refractivity contribution < 1.29 is 24.2 Å². The number of likely N-dealkylation sites (N-methyl/N-ethyl adjacent to an activating group) is 2. The molecule has 5 N–H and O–H groups in total. The fraction of sp³-hybridized carbons (Fsp3) is 0.562. The van der Waals surface area contributed by atoms with Crippen LogP contribution in [-0.4, -0.2) is 120 Å². The average molecular weight is 1060 g/mol. The molecule has 4 aromatic carbocycles. The predicted octanol–water partition coefficient (Wildman–Crippen LogP) is 8.27. The van der Waals surface area contributed by atoms with E-state index < -0.39 is 6.04 Å². The van der Waals surface area contributed by atoms with Crippen molar-refractivity contribution >= 4 is 11.8 Å². The second-order valence-corrected chi connectivity index (χ2v) is 24.2. The number of phenolic OH excluding ortho intramolecular Hbond substituents is 1. The number of nitriles is 2. The molecule has 0 spiro atoms. The summed E-state index contributed by atoms with van der Waals surface area (Å²) in [4.78, 5) is 35.1. The third kappa shape index (κ3) is 8.68. The molecule has 4 aromatic rings. The highest BCUT2D eigenvalue weighted by Crippen LogP contribution is 2.56. The number of nitrogens with two attached hydrogens (primary N) is 1. The molecular formula is C64H85N9O5.